The number of halogens is 3. The number of nitrogens with zero attached hydrogens (tertiary/aromatic N) is 1. The van der Waals surface area contributed by atoms with E-state index in [4.69, 9.17) is 9.47 Å². The van der Waals surface area contributed by atoms with Gasteiger partial charge in [0, 0.05) is 50.3 Å². The third kappa shape index (κ3) is 5.00. The monoisotopic (exact) mass is 332 g/mol. The Kier molecular flexibility index (Phi) is 6.12. The molecule has 1 heterocycles. The van der Waals surface area contributed by atoms with Crippen LogP contribution < -0.4 is 14.8 Å². The number of alkyl halides is 3. The topological polar surface area (TPSA) is 33.7 Å². The van der Waals surface area contributed by atoms with Gasteiger partial charge in [0.05, 0.1) is 14.2 Å². The van der Waals surface area contributed by atoms with Crippen LogP contribution in [0.1, 0.15) is 24.4 Å². The summed E-state index contributed by atoms with van der Waals surface area (Å²) >= 11 is 0. The van der Waals surface area contributed by atoms with Gasteiger partial charge in [0.1, 0.15) is 11.5 Å². The molecule has 0 amide bonds. The van der Waals surface area contributed by atoms with Crippen LogP contribution in [-0.2, 0) is 0 Å². The fraction of sp³-hybridized carbons (Fsp3) is 0.625. The van der Waals surface area contributed by atoms with Crippen LogP contribution in [0.3, 0.4) is 0 Å². The van der Waals surface area contributed by atoms with Crippen molar-refractivity contribution in [3.05, 3.63) is 23.8 Å². The van der Waals surface area contributed by atoms with Crippen molar-refractivity contribution in [2.75, 3.05) is 40.4 Å². The SMILES string of the molecule is COc1ccc([C@@H](CCC(F)(F)F)N2CCNCC2)c(OC)c1. The van der Waals surface area contributed by atoms with E-state index in [1.54, 1.807) is 25.3 Å². The van der Waals surface area contributed by atoms with Crippen molar-refractivity contribution in [1.82, 2.24) is 10.2 Å². The summed E-state index contributed by atoms with van der Waals surface area (Å²) in [7, 11) is 3.07. The molecule has 1 saturated heterocycles. The molecule has 7 heteroatoms. The zero-order chi connectivity index (χ0) is 16.9. The van der Waals surface area contributed by atoms with E-state index in [0.29, 0.717) is 11.5 Å². The maximum Gasteiger partial charge on any atom is 0.389 e. The Morgan fingerprint density at radius 2 is 1.87 bits per heavy atom. The first kappa shape index (κ1) is 17.9. The van der Waals surface area contributed by atoms with Crippen molar-refractivity contribution >= 4 is 0 Å². The molecule has 0 saturated carbocycles. The third-order valence-corrected chi connectivity index (χ3v) is 4.09. The van der Waals surface area contributed by atoms with Crippen molar-refractivity contribution in [3.63, 3.8) is 0 Å². The Labute approximate surface area is 134 Å². The summed E-state index contributed by atoms with van der Waals surface area (Å²) < 4.78 is 48.7. The second-order valence-electron chi connectivity index (χ2n) is 5.56. The molecule has 0 aromatic heterocycles. The highest BCUT2D eigenvalue weighted by Gasteiger charge is 2.32. The van der Waals surface area contributed by atoms with Crippen molar-refractivity contribution in [2.45, 2.75) is 25.1 Å². The zero-order valence-electron chi connectivity index (χ0n) is 13.4. The summed E-state index contributed by atoms with van der Waals surface area (Å²) in [6.07, 6.45) is -4.95. The van der Waals surface area contributed by atoms with Crippen LogP contribution in [0.5, 0.6) is 11.5 Å². The van der Waals surface area contributed by atoms with E-state index >= 15 is 0 Å². The lowest BCUT2D eigenvalue weighted by Crippen LogP contribution is -2.45. The lowest BCUT2D eigenvalue weighted by atomic mass is 9.98. The Hall–Kier alpha value is -1.47. The molecule has 1 aliphatic rings. The molecule has 4 nitrogen and oxygen atoms in total. The highest BCUT2D eigenvalue weighted by atomic mass is 19.4. The Morgan fingerprint density at radius 1 is 1.17 bits per heavy atom. The first-order valence-electron chi connectivity index (χ1n) is 7.68. The maximum atomic E-state index is 12.7. The first-order valence-corrected chi connectivity index (χ1v) is 7.68. The van der Waals surface area contributed by atoms with Gasteiger partial charge in [-0.1, -0.05) is 6.07 Å². The standard InChI is InChI=1S/C16H23F3N2O2/c1-22-12-3-4-13(15(11-12)23-2)14(5-6-16(17,18)19)21-9-7-20-8-10-21/h3-4,11,14,20H,5-10H2,1-2H3/t14-/m1/s1. The van der Waals surface area contributed by atoms with Gasteiger partial charge in [-0.3, -0.25) is 4.90 Å². The number of rotatable bonds is 6. The summed E-state index contributed by atoms with van der Waals surface area (Å²) in [5, 5.41) is 3.23. The lowest BCUT2D eigenvalue weighted by Gasteiger charge is -2.36. The highest BCUT2D eigenvalue weighted by Crippen LogP contribution is 2.37. The fourth-order valence-electron chi connectivity index (χ4n) is 2.92. The van der Waals surface area contributed by atoms with Gasteiger partial charge in [0.25, 0.3) is 0 Å². The smallest absolute Gasteiger partial charge is 0.389 e. The van der Waals surface area contributed by atoms with Crippen molar-refractivity contribution < 1.29 is 22.6 Å². The van der Waals surface area contributed by atoms with Gasteiger partial charge in [-0.05, 0) is 12.5 Å². The van der Waals surface area contributed by atoms with Gasteiger partial charge in [-0.25, -0.2) is 0 Å². The van der Waals surface area contributed by atoms with Crippen LogP contribution in [0.4, 0.5) is 13.2 Å². The fourth-order valence-corrected chi connectivity index (χ4v) is 2.92. The van der Waals surface area contributed by atoms with E-state index in [1.807, 2.05) is 0 Å². The Bertz CT molecular complexity index is 503. The normalized spacial score (nSPS) is 17.8. The van der Waals surface area contributed by atoms with E-state index in [-0.39, 0.29) is 12.5 Å². The molecule has 1 aliphatic heterocycles. The summed E-state index contributed by atoms with van der Waals surface area (Å²) in [4.78, 5) is 2.09. The Morgan fingerprint density at radius 3 is 2.43 bits per heavy atom. The van der Waals surface area contributed by atoms with Gasteiger partial charge in [-0.15, -0.1) is 0 Å². The van der Waals surface area contributed by atoms with Gasteiger partial charge < -0.3 is 14.8 Å². The van der Waals surface area contributed by atoms with Crippen LogP contribution in [0.15, 0.2) is 18.2 Å². The molecule has 1 aromatic rings. The molecule has 1 fully saturated rings. The number of methoxy groups -OCH3 is 2. The Balaban J connectivity index is 2.27. The number of benzene rings is 1. The molecule has 0 radical (unpaired) electrons. The molecule has 0 aliphatic carbocycles. The summed E-state index contributed by atoms with van der Waals surface area (Å²) in [6, 6.07) is 4.97. The minimum Gasteiger partial charge on any atom is -0.497 e. The molecule has 1 atom stereocenters. The average Bonchev–Trinajstić information content (AvgIpc) is 2.55. The van der Waals surface area contributed by atoms with Crippen LogP contribution in [0.25, 0.3) is 0 Å². The van der Waals surface area contributed by atoms with Crippen molar-refractivity contribution in [1.29, 1.82) is 0 Å². The highest BCUT2D eigenvalue weighted by molar-refractivity contribution is 5.42. The molecular weight excluding hydrogens is 309 g/mol. The summed E-state index contributed by atoms with van der Waals surface area (Å²) in [5.74, 6) is 1.19. The molecule has 23 heavy (non-hydrogen) atoms. The second kappa shape index (κ2) is 7.88. The number of piperazine rings is 1. The molecule has 1 N–H and O–H groups in total. The van der Waals surface area contributed by atoms with Crippen molar-refractivity contribution in [3.8, 4) is 11.5 Å². The van der Waals surface area contributed by atoms with Gasteiger partial charge in [0.2, 0.25) is 0 Å². The minimum atomic E-state index is -4.16. The maximum absolute atomic E-state index is 12.7. The van der Waals surface area contributed by atoms with Crippen LogP contribution in [0, 0.1) is 0 Å². The summed E-state index contributed by atoms with van der Waals surface area (Å²) in [5.41, 5.74) is 0.777. The molecule has 0 bridgehead atoms. The van der Waals surface area contributed by atoms with Crippen LogP contribution in [0.2, 0.25) is 0 Å². The first-order chi connectivity index (χ1) is 10.9. The number of nitrogens with one attached hydrogen (secondary N) is 1. The number of ether oxygens (including phenoxy) is 2. The predicted octanol–water partition coefficient (Wildman–Crippen LogP) is 2.99. The number of hydrogen-bond acceptors (Lipinski definition) is 4. The van der Waals surface area contributed by atoms with Gasteiger partial charge in [0.15, 0.2) is 0 Å². The van der Waals surface area contributed by atoms with E-state index in [9.17, 15) is 13.2 Å². The largest absolute Gasteiger partial charge is 0.497 e. The predicted molar refractivity (Wildman–Crippen MR) is 82.0 cm³/mol. The quantitative estimate of drug-likeness (QED) is 0.868. The molecule has 1 aromatic carbocycles. The summed E-state index contributed by atoms with van der Waals surface area (Å²) in [6.45, 7) is 3.00. The van der Waals surface area contributed by atoms with Crippen LogP contribution >= 0.6 is 0 Å². The lowest BCUT2D eigenvalue weighted by molar-refractivity contribution is -0.138. The van der Waals surface area contributed by atoms with Gasteiger partial charge >= 0.3 is 6.18 Å². The molecule has 0 spiro atoms. The third-order valence-electron chi connectivity index (χ3n) is 4.09. The number of hydrogen-bond donors (Lipinski definition) is 1. The zero-order valence-corrected chi connectivity index (χ0v) is 13.4. The van der Waals surface area contributed by atoms with Crippen molar-refractivity contribution in [2.24, 2.45) is 0 Å². The van der Waals surface area contributed by atoms with Gasteiger partial charge in [-0.2, -0.15) is 13.2 Å². The molecule has 2 rings (SSSR count). The van der Waals surface area contributed by atoms with E-state index < -0.39 is 12.6 Å². The second-order valence-corrected chi connectivity index (χ2v) is 5.56. The van der Waals surface area contributed by atoms with Crippen LogP contribution in [-0.4, -0.2) is 51.5 Å². The van der Waals surface area contributed by atoms with E-state index in [1.165, 1.54) is 7.11 Å². The van der Waals surface area contributed by atoms with E-state index in [0.717, 1.165) is 31.7 Å². The molecule has 0 unspecified atom stereocenters. The average molecular weight is 332 g/mol. The molecular formula is C16H23F3N2O2. The molecule has 130 valence electrons. The minimum absolute atomic E-state index is 0.0200. The van der Waals surface area contributed by atoms with E-state index in [2.05, 4.69) is 10.2 Å².